The van der Waals surface area contributed by atoms with E-state index in [-0.39, 0.29) is 5.60 Å². The highest BCUT2D eigenvalue weighted by Crippen LogP contribution is 2.40. The number of ether oxygens (including phenoxy) is 1. The Bertz CT molecular complexity index is 232. The molecule has 0 aromatic heterocycles. The van der Waals surface area contributed by atoms with Crippen molar-refractivity contribution in [3.05, 3.63) is 0 Å². The normalized spacial score (nSPS) is 35.8. The Balaban J connectivity index is 1.92. The van der Waals surface area contributed by atoms with Gasteiger partial charge in [-0.25, -0.2) is 0 Å². The number of hydrazine groups is 1. The molecule has 3 heteroatoms. The second-order valence-electron chi connectivity index (χ2n) is 6.19. The van der Waals surface area contributed by atoms with Crippen LogP contribution in [0.1, 0.15) is 58.3 Å². The quantitative estimate of drug-likeness (QED) is 0.554. The minimum Gasteiger partial charge on any atom is -0.377 e. The number of nitrogens with one attached hydrogen (secondary N) is 1. The molecule has 1 unspecified atom stereocenters. The smallest absolute Gasteiger partial charge is 0.0844 e. The minimum absolute atomic E-state index is 0.00382. The van der Waals surface area contributed by atoms with Crippen LogP contribution in [0.25, 0.3) is 0 Å². The summed E-state index contributed by atoms with van der Waals surface area (Å²) >= 11 is 0. The lowest BCUT2D eigenvalue weighted by molar-refractivity contribution is -0.0771. The summed E-state index contributed by atoms with van der Waals surface area (Å²) in [6.07, 6.45) is 10.2. The number of rotatable bonds is 6. The second kappa shape index (κ2) is 5.68. The Labute approximate surface area is 105 Å². The molecule has 100 valence electrons. The third kappa shape index (κ3) is 3.21. The average molecular weight is 240 g/mol. The predicted octanol–water partition coefficient (Wildman–Crippen LogP) is 2.60. The van der Waals surface area contributed by atoms with E-state index in [0.717, 1.165) is 24.7 Å². The van der Waals surface area contributed by atoms with Crippen molar-refractivity contribution in [2.24, 2.45) is 17.7 Å². The molecule has 3 N–H and O–H groups in total. The van der Waals surface area contributed by atoms with Crippen LogP contribution in [0.5, 0.6) is 0 Å². The fourth-order valence-corrected chi connectivity index (χ4v) is 3.25. The third-order valence-corrected chi connectivity index (χ3v) is 4.92. The molecule has 2 fully saturated rings. The van der Waals surface area contributed by atoms with Crippen LogP contribution in [0.15, 0.2) is 0 Å². The lowest BCUT2D eigenvalue weighted by Gasteiger charge is -2.44. The summed E-state index contributed by atoms with van der Waals surface area (Å²) in [6.45, 7) is 2.34. The molecule has 0 radical (unpaired) electrons. The molecule has 2 aliphatic carbocycles. The van der Waals surface area contributed by atoms with Crippen LogP contribution in [0.3, 0.4) is 0 Å². The lowest BCUT2D eigenvalue weighted by atomic mass is 9.74. The van der Waals surface area contributed by atoms with Crippen LogP contribution >= 0.6 is 0 Å². The van der Waals surface area contributed by atoms with Gasteiger partial charge in [0.1, 0.15) is 0 Å². The van der Waals surface area contributed by atoms with Gasteiger partial charge in [0.15, 0.2) is 0 Å². The van der Waals surface area contributed by atoms with Gasteiger partial charge in [-0.2, -0.15) is 0 Å². The van der Waals surface area contributed by atoms with Crippen molar-refractivity contribution < 1.29 is 4.74 Å². The molecule has 1 atom stereocenters. The molecule has 0 bridgehead atoms. The summed E-state index contributed by atoms with van der Waals surface area (Å²) < 4.78 is 5.89. The van der Waals surface area contributed by atoms with E-state index in [1.807, 2.05) is 7.11 Å². The van der Waals surface area contributed by atoms with Crippen molar-refractivity contribution in [3.8, 4) is 0 Å². The molecule has 0 aromatic carbocycles. The van der Waals surface area contributed by atoms with Gasteiger partial charge in [-0.15, -0.1) is 0 Å². The van der Waals surface area contributed by atoms with E-state index >= 15 is 0 Å². The lowest BCUT2D eigenvalue weighted by Crippen LogP contribution is -2.56. The summed E-state index contributed by atoms with van der Waals surface area (Å²) in [5.74, 6) is 7.60. The topological polar surface area (TPSA) is 47.3 Å². The van der Waals surface area contributed by atoms with Gasteiger partial charge in [0.05, 0.1) is 11.6 Å². The second-order valence-corrected chi connectivity index (χ2v) is 6.19. The van der Waals surface area contributed by atoms with Gasteiger partial charge in [-0.1, -0.05) is 19.8 Å². The van der Waals surface area contributed by atoms with Crippen molar-refractivity contribution in [2.75, 3.05) is 7.11 Å². The van der Waals surface area contributed by atoms with Gasteiger partial charge >= 0.3 is 0 Å². The van der Waals surface area contributed by atoms with Crippen LogP contribution in [-0.4, -0.2) is 18.8 Å². The van der Waals surface area contributed by atoms with E-state index in [4.69, 9.17) is 10.6 Å². The molecule has 2 rings (SSSR count). The maximum Gasteiger partial charge on any atom is 0.0844 e. The van der Waals surface area contributed by atoms with E-state index in [1.54, 1.807) is 0 Å². The SMILES string of the molecule is COC1(C(CCC2CC2)NN)CCC(C)CC1. The van der Waals surface area contributed by atoms with Crippen molar-refractivity contribution >= 4 is 0 Å². The highest BCUT2D eigenvalue weighted by molar-refractivity contribution is 4.96. The summed E-state index contributed by atoms with van der Waals surface area (Å²) in [5.41, 5.74) is 3.03. The molecule has 2 saturated carbocycles. The molecule has 0 heterocycles. The molecule has 0 aromatic rings. The van der Waals surface area contributed by atoms with E-state index in [0.29, 0.717) is 6.04 Å². The van der Waals surface area contributed by atoms with E-state index in [2.05, 4.69) is 12.3 Å². The Kier molecular flexibility index (Phi) is 4.45. The molecule has 2 aliphatic rings. The highest BCUT2D eigenvalue weighted by Gasteiger charge is 2.41. The molecule has 3 nitrogen and oxygen atoms in total. The maximum absolute atomic E-state index is 5.89. The summed E-state index contributed by atoms with van der Waals surface area (Å²) in [5, 5.41) is 0. The van der Waals surface area contributed by atoms with Gasteiger partial charge in [0.2, 0.25) is 0 Å². The largest absolute Gasteiger partial charge is 0.377 e. The van der Waals surface area contributed by atoms with Gasteiger partial charge in [-0.3, -0.25) is 11.3 Å². The zero-order valence-corrected chi connectivity index (χ0v) is 11.4. The first-order valence-electron chi connectivity index (χ1n) is 7.21. The van der Waals surface area contributed by atoms with Crippen LogP contribution in [-0.2, 0) is 4.74 Å². The van der Waals surface area contributed by atoms with Crippen molar-refractivity contribution in [1.82, 2.24) is 5.43 Å². The molecule has 0 saturated heterocycles. The zero-order chi connectivity index (χ0) is 12.3. The highest BCUT2D eigenvalue weighted by atomic mass is 16.5. The fraction of sp³-hybridized carbons (Fsp3) is 1.00. The Morgan fingerprint density at radius 3 is 2.41 bits per heavy atom. The predicted molar refractivity (Wildman–Crippen MR) is 70.4 cm³/mol. The molecule has 0 aliphatic heterocycles. The van der Waals surface area contributed by atoms with E-state index < -0.39 is 0 Å². The zero-order valence-electron chi connectivity index (χ0n) is 11.4. The number of hydrogen-bond acceptors (Lipinski definition) is 3. The first-order chi connectivity index (χ1) is 8.20. The van der Waals surface area contributed by atoms with Crippen molar-refractivity contribution in [2.45, 2.75) is 69.9 Å². The monoisotopic (exact) mass is 240 g/mol. The van der Waals surface area contributed by atoms with Crippen LogP contribution in [0.4, 0.5) is 0 Å². The summed E-state index contributed by atoms with van der Waals surface area (Å²) in [7, 11) is 1.86. The van der Waals surface area contributed by atoms with Crippen LogP contribution in [0.2, 0.25) is 0 Å². The van der Waals surface area contributed by atoms with Crippen LogP contribution < -0.4 is 11.3 Å². The van der Waals surface area contributed by atoms with Gasteiger partial charge in [-0.05, 0) is 50.4 Å². The molecule has 0 spiro atoms. The average Bonchev–Trinajstić information content (AvgIpc) is 3.16. The van der Waals surface area contributed by atoms with Gasteiger partial charge in [0.25, 0.3) is 0 Å². The maximum atomic E-state index is 5.89. The van der Waals surface area contributed by atoms with Crippen molar-refractivity contribution in [3.63, 3.8) is 0 Å². The first-order valence-corrected chi connectivity index (χ1v) is 7.21. The van der Waals surface area contributed by atoms with E-state index in [9.17, 15) is 0 Å². The van der Waals surface area contributed by atoms with Gasteiger partial charge < -0.3 is 4.74 Å². The Morgan fingerprint density at radius 1 is 1.29 bits per heavy atom. The molecule has 0 amide bonds. The molecule has 17 heavy (non-hydrogen) atoms. The van der Waals surface area contributed by atoms with E-state index in [1.165, 1.54) is 38.5 Å². The van der Waals surface area contributed by atoms with Crippen molar-refractivity contribution in [1.29, 1.82) is 0 Å². The number of hydrogen-bond donors (Lipinski definition) is 2. The first kappa shape index (κ1) is 13.3. The van der Waals surface area contributed by atoms with Crippen LogP contribution in [0, 0.1) is 11.8 Å². The summed E-state index contributed by atoms with van der Waals surface area (Å²) in [4.78, 5) is 0. The Hall–Kier alpha value is -0.120. The number of nitrogens with two attached hydrogens (primary N) is 1. The third-order valence-electron chi connectivity index (χ3n) is 4.92. The minimum atomic E-state index is -0.00382. The standard InChI is InChI=1S/C14H28N2O/c1-11-7-9-14(17-2,10-8-11)13(16-15)6-5-12-3-4-12/h11-13,16H,3-10,15H2,1-2H3. The molecular formula is C14H28N2O. The summed E-state index contributed by atoms with van der Waals surface area (Å²) in [6, 6.07) is 0.334. The number of methoxy groups -OCH3 is 1. The van der Waals surface area contributed by atoms with Gasteiger partial charge in [0, 0.05) is 7.11 Å². The molecular weight excluding hydrogens is 212 g/mol. The Morgan fingerprint density at radius 2 is 1.94 bits per heavy atom. The fourth-order valence-electron chi connectivity index (χ4n) is 3.25.